The Balaban J connectivity index is 1.44. The van der Waals surface area contributed by atoms with Gasteiger partial charge in [-0.2, -0.15) is 0 Å². The van der Waals surface area contributed by atoms with E-state index in [1.165, 1.54) is 38.5 Å². The normalized spacial score (nSPS) is 35.0. The van der Waals surface area contributed by atoms with Gasteiger partial charge in [0.05, 0.1) is 11.5 Å². The lowest BCUT2D eigenvalue weighted by atomic mass is 9.59. The van der Waals surface area contributed by atoms with Crippen molar-refractivity contribution in [2.75, 3.05) is 31.1 Å². The van der Waals surface area contributed by atoms with E-state index in [0.717, 1.165) is 31.4 Å². The highest BCUT2D eigenvalue weighted by molar-refractivity contribution is 7.91. The zero-order valence-electron chi connectivity index (χ0n) is 14.8. The minimum atomic E-state index is -2.80. The summed E-state index contributed by atoms with van der Waals surface area (Å²) in [7, 11) is -2.80. The van der Waals surface area contributed by atoms with Gasteiger partial charge >= 0.3 is 0 Å². The summed E-state index contributed by atoms with van der Waals surface area (Å²) in [4.78, 5) is 7.36. The molecule has 4 aliphatic rings. The van der Waals surface area contributed by atoms with Crippen LogP contribution in [-0.4, -0.2) is 56.5 Å². The molecular weight excluding hydrogens is 322 g/mol. The van der Waals surface area contributed by atoms with Gasteiger partial charge in [0.2, 0.25) is 0 Å². The number of nitrogens with one attached hydrogen (secondary N) is 1. The first-order valence-corrected chi connectivity index (χ1v) is 11.5. The van der Waals surface area contributed by atoms with Crippen molar-refractivity contribution in [2.24, 2.45) is 22.2 Å². The maximum Gasteiger partial charge on any atom is 0.194 e. The van der Waals surface area contributed by atoms with E-state index in [1.807, 2.05) is 0 Å². The Morgan fingerprint density at radius 1 is 1.25 bits per heavy atom. The Bertz CT molecular complexity index is 608. The summed E-state index contributed by atoms with van der Waals surface area (Å²) in [5.41, 5.74) is 0.515. The number of aliphatic imine (C=N–C) groups is 1. The standard InChI is InChI=1S/C18H31N3O2S/c1-14-5-9-21(13-18(14)7-2-8-18)17(20-16-3-4-16)19-11-15-6-10-24(22,23)12-15/h14-16H,2-13H2,1H3,(H,19,20). The molecule has 2 saturated carbocycles. The van der Waals surface area contributed by atoms with Gasteiger partial charge < -0.3 is 10.2 Å². The number of rotatable bonds is 3. The predicted molar refractivity (Wildman–Crippen MR) is 96.9 cm³/mol. The quantitative estimate of drug-likeness (QED) is 0.623. The van der Waals surface area contributed by atoms with Crippen LogP contribution in [0.15, 0.2) is 4.99 Å². The third-order valence-corrected chi connectivity index (χ3v) is 8.61. The van der Waals surface area contributed by atoms with Crippen LogP contribution in [0.25, 0.3) is 0 Å². The fourth-order valence-corrected chi connectivity index (χ4v) is 6.46. The molecule has 5 nitrogen and oxygen atoms in total. The Morgan fingerprint density at radius 2 is 2.04 bits per heavy atom. The molecule has 4 fully saturated rings. The number of likely N-dealkylation sites (tertiary alicyclic amines) is 1. The van der Waals surface area contributed by atoms with E-state index in [2.05, 4.69) is 17.1 Å². The Labute approximate surface area is 146 Å². The minimum absolute atomic E-state index is 0.215. The number of guanidine groups is 1. The molecule has 24 heavy (non-hydrogen) atoms. The molecule has 0 aromatic heterocycles. The summed E-state index contributed by atoms with van der Waals surface area (Å²) in [6.07, 6.45) is 8.62. The molecule has 0 radical (unpaired) electrons. The van der Waals surface area contributed by atoms with Crippen LogP contribution in [0, 0.1) is 17.3 Å². The summed E-state index contributed by atoms with van der Waals surface area (Å²) in [5, 5.41) is 3.63. The van der Waals surface area contributed by atoms with E-state index in [9.17, 15) is 8.42 Å². The average molecular weight is 354 g/mol. The van der Waals surface area contributed by atoms with Gasteiger partial charge in [-0.3, -0.25) is 4.99 Å². The lowest BCUT2D eigenvalue weighted by molar-refractivity contribution is -0.00515. The molecule has 6 heteroatoms. The molecule has 0 bridgehead atoms. The van der Waals surface area contributed by atoms with E-state index in [0.29, 0.717) is 29.5 Å². The van der Waals surface area contributed by atoms with Crippen LogP contribution in [0.2, 0.25) is 0 Å². The van der Waals surface area contributed by atoms with Gasteiger partial charge in [-0.05, 0) is 55.8 Å². The second-order valence-corrected chi connectivity index (χ2v) is 10.9. The lowest BCUT2D eigenvalue weighted by Crippen LogP contribution is -2.56. The fraction of sp³-hybridized carbons (Fsp3) is 0.944. The van der Waals surface area contributed by atoms with E-state index >= 15 is 0 Å². The van der Waals surface area contributed by atoms with E-state index in [-0.39, 0.29) is 5.92 Å². The number of hydrogen-bond donors (Lipinski definition) is 1. The minimum Gasteiger partial charge on any atom is -0.354 e. The Morgan fingerprint density at radius 3 is 2.62 bits per heavy atom. The number of nitrogens with zero attached hydrogens (tertiary/aromatic N) is 2. The molecule has 136 valence electrons. The maximum absolute atomic E-state index is 11.7. The molecule has 0 amide bonds. The van der Waals surface area contributed by atoms with Gasteiger partial charge in [0, 0.05) is 25.7 Å². The average Bonchev–Trinajstić information content (AvgIpc) is 3.25. The van der Waals surface area contributed by atoms with Crippen molar-refractivity contribution in [3.63, 3.8) is 0 Å². The van der Waals surface area contributed by atoms with Gasteiger partial charge in [0.25, 0.3) is 0 Å². The number of hydrogen-bond acceptors (Lipinski definition) is 3. The molecule has 0 aromatic rings. The van der Waals surface area contributed by atoms with Gasteiger partial charge in [-0.1, -0.05) is 13.3 Å². The van der Waals surface area contributed by atoms with Crippen molar-refractivity contribution in [1.82, 2.24) is 10.2 Å². The monoisotopic (exact) mass is 353 g/mol. The van der Waals surface area contributed by atoms with Crippen molar-refractivity contribution in [2.45, 2.75) is 57.9 Å². The summed E-state index contributed by atoms with van der Waals surface area (Å²) >= 11 is 0. The first-order chi connectivity index (χ1) is 11.5. The van der Waals surface area contributed by atoms with Crippen LogP contribution in [0.1, 0.15) is 51.9 Å². The first-order valence-electron chi connectivity index (χ1n) is 9.72. The summed E-state index contributed by atoms with van der Waals surface area (Å²) < 4.78 is 23.3. The number of sulfone groups is 1. The molecule has 1 spiro atoms. The van der Waals surface area contributed by atoms with Crippen LogP contribution in [0.3, 0.4) is 0 Å². The highest BCUT2D eigenvalue weighted by Gasteiger charge is 2.46. The molecule has 2 aliphatic heterocycles. The van der Waals surface area contributed by atoms with E-state index in [1.54, 1.807) is 0 Å². The zero-order chi connectivity index (χ0) is 16.8. The Hall–Kier alpha value is -0.780. The number of piperidine rings is 1. The van der Waals surface area contributed by atoms with Crippen LogP contribution < -0.4 is 5.32 Å². The molecule has 0 aromatic carbocycles. The molecule has 2 unspecified atom stereocenters. The van der Waals surface area contributed by atoms with Crippen molar-refractivity contribution >= 4 is 15.8 Å². The molecule has 2 atom stereocenters. The second-order valence-electron chi connectivity index (χ2n) is 8.68. The maximum atomic E-state index is 11.7. The van der Waals surface area contributed by atoms with E-state index < -0.39 is 9.84 Å². The third-order valence-electron chi connectivity index (χ3n) is 6.77. The second kappa shape index (κ2) is 6.19. The summed E-state index contributed by atoms with van der Waals surface area (Å²) in [5.74, 6) is 2.77. The van der Waals surface area contributed by atoms with Gasteiger partial charge in [0.1, 0.15) is 0 Å². The predicted octanol–water partition coefficient (Wildman–Crippen LogP) is 2.04. The van der Waals surface area contributed by atoms with Crippen LogP contribution >= 0.6 is 0 Å². The van der Waals surface area contributed by atoms with Crippen molar-refractivity contribution in [3.8, 4) is 0 Å². The Kier molecular flexibility index (Phi) is 4.30. The van der Waals surface area contributed by atoms with Crippen molar-refractivity contribution in [3.05, 3.63) is 0 Å². The van der Waals surface area contributed by atoms with Gasteiger partial charge in [-0.15, -0.1) is 0 Å². The summed E-state index contributed by atoms with van der Waals surface area (Å²) in [6, 6.07) is 0.591. The van der Waals surface area contributed by atoms with Gasteiger partial charge in [0.15, 0.2) is 15.8 Å². The van der Waals surface area contributed by atoms with Crippen molar-refractivity contribution in [1.29, 1.82) is 0 Å². The molecule has 1 N–H and O–H groups in total. The van der Waals surface area contributed by atoms with E-state index in [4.69, 9.17) is 4.99 Å². The van der Waals surface area contributed by atoms with Crippen LogP contribution in [0.4, 0.5) is 0 Å². The molecule has 4 rings (SSSR count). The highest BCUT2D eigenvalue weighted by Crippen LogP contribution is 2.50. The first kappa shape index (κ1) is 16.7. The van der Waals surface area contributed by atoms with Gasteiger partial charge in [-0.25, -0.2) is 8.42 Å². The van der Waals surface area contributed by atoms with Crippen LogP contribution in [-0.2, 0) is 9.84 Å². The highest BCUT2D eigenvalue weighted by atomic mass is 32.2. The van der Waals surface area contributed by atoms with Crippen LogP contribution in [0.5, 0.6) is 0 Å². The molecule has 2 aliphatic carbocycles. The summed E-state index contributed by atoms with van der Waals surface area (Å²) in [6.45, 7) is 5.30. The smallest absolute Gasteiger partial charge is 0.194 e. The molecule has 2 heterocycles. The zero-order valence-corrected chi connectivity index (χ0v) is 15.7. The fourth-order valence-electron chi connectivity index (χ4n) is 4.61. The van der Waals surface area contributed by atoms with Crippen molar-refractivity contribution < 1.29 is 8.42 Å². The molecular formula is C18H31N3O2S. The largest absolute Gasteiger partial charge is 0.354 e. The SMILES string of the molecule is CC1CCN(C(=NCC2CCS(=O)(=O)C2)NC2CC2)CC12CCC2. The topological polar surface area (TPSA) is 61.8 Å². The third kappa shape index (κ3) is 3.44. The lowest BCUT2D eigenvalue weighted by Gasteiger charge is -2.53. The molecule has 2 saturated heterocycles.